The van der Waals surface area contributed by atoms with E-state index in [1.165, 1.54) is 0 Å². The van der Waals surface area contributed by atoms with Gasteiger partial charge in [-0.05, 0) is 60.4 Å². The molecule has 43 heavy (non-hydrogen) atoms. The molecule has 2 aliphatic rings. The number of benzene rings is 2. The van der Waals surface area contributed by atoms with Crippen LogP contribution in [0.3, 0.4) is 0 Å². The van der Waals surface area contributed by atoms with Crippen LogP contribution in [0.1, 0.15) is 45.3 Å². The first-order chi connectivity index (χ1) is 21.0. The molecule has 224 valence electrons. The Labute approximate surface area is 252 Å². The molecule has 0 N–H and O–H groups in total. The van der Waals surface area contributed by atoms with Gasteiger partial charge >= 0.3 is 0 Å². The van der Waals surface area contributed by atoms with Gasteiger partial charge in [0.25, 0.3) is 0 Å². The van der Waals surface area contributed by atoms with Crippen molar-refractivity contribution in [3.05, 3.63) is 119 Å². The second-order valence-corrected chi connectivity index (χ2v) is 11.0. The summed E-state index contributed by atoms with van der Waals surface area (Å²) in [5, 5.41) is 0. The van der Waals surface area contributed by atoms with Crippen LogP contribution in [0.2, 0.25) is 0 Å². The lowest BCUT2D eigenvalue weighted by atomic mass is 10.0. The van der Waals surface area contributed by atoms with E-state index in [4.69, 9.17) is 27.8 Å². The molecule has 8 heteroatoms. The van der Waals surface area contributed by atoms with Crippen LogP contribution in [0, 0.1) is 0 Å². The number of methoxy groups -OCH3 is 2. The fraction of sp³-hybridized carbons (Fsp3) is 0.314. The maximum absolute atomic E-state index is 6.19. The molecular formula is C35H38N2O6. The monoisotopic (exact) mass is 582 g/mol. The number of hydrogen-bond acceptors (Lipinski definition) is 8. The lowest BCUT2D eigenvalue weighted by Crippen LogP contribution is -2.31. The number of hydrogen-bond donors (Lipinski definition) is 0. The predicted molar refractivity (Wildman–Crippen MR) is 163 cm³/mol. The Balaban J connectivity index is 1.05. The highest BCUT2D eigenvalue weighted by atomic mass is 16.5. The van der Waals surface area contributed by atoms with Crippen molar-refractivity contribution in [2.45, 2.75) is 45.4 Å². The summed E-state index contributed by atoms with van der Waals surface area (Å²) in [7, 11) is 3.35. The van der Waals surface area contributed by atoms with Crippen molar-refractivity contribution in [3.8, 4) is 23.0 Å². The second kappa shape index (κ2) is 12.9. The molecule has 0 atom stereocenters. The summed E-state index contributed by atoms with van der Waals surface area (Å²) in [4.78, 5) is 4.42. The van der Waals surface area contributed by atoms with Crippen LogP contribution in [0.15, 0.2) is 82.7 Å². The van der Waals surface area contributed by atoms with Gasteiger partial charge in [0.1, 0.15) is 36.5 Å². The van der Waals surface area contributed by atoms with E-state index in [1.807, 2.05) is 48.6 Å². The van der Waals surface area contributed by atoms with Crippen molar-refractivity contribution in [2.24, 2.45) is 0 Å². The van der Waals surface area contributed by atoms with E-state index >= 15 is 0 Å². The maximum Gasteiger partial charge on any atom is 0.167 e. The molecule has 0 amide bonds. The number of nitrogens with zero attached hydrogens (tertiary/aromatic N) is 2. The van der Waals surface area contributed by atoms with E-state index in [0.29, 0.717) is 33.0 Å². The molecule has 0 unspecified atom stereocenters. The van der Waals surface area contributed by atoms with E-state index in [1.54, 1.807) is 14.2 Å². The topological polar surface area (TPSA) is 69.7 Å². The Morgan fingerprint density at radius 1 is 0.674 bits per heavy atom. The lowest BCUT2D eigenvalue weighted by Gasteiger charge is -2.29. The highest BCUT2D eigenvalue weighted by Crippen LogP contribution is 2.38. The lowest BCUT2D eigenvalue weighted by molar-refractivity contribution is 0.0784. The van der Waals surface area contributed by atoms with Crippen molar-refractivity contribution in [1.29, 1.82) is 0 Å². The van der Waals surface area contributed by atoms with Gasteiger partial charge in [0, 0.05) is 24.2 Å². The Morgan fingerprint density at radius 2 is 1.12 bits per heavy atom. The zero-order valence-corrected chi connectivity index (χ0v) is 24.9. The van der Waals surface area contributed by atoms with Crippen LogP contribution in [0.25, 0.3) is 0 Å². The number of ether oxygens (including phenoxy) is 4. The fourth-order valence-electron chi connectivity index (χ4n) is 5.79. The van der Waals surface area contributed by atoms with Crippen molar-refractivity contribution in [3.63, 3.8) is 0 Å². The van der Waals surface area contributed by atoms with Gasteiger partial charge in [0.15, 0.2) is 23.0 Å². The predicted octanol–water partition coefficient (Wildman–Crippen LogP) is 6.64. The molecule has 8 nitrogen and oxygen atoms in total. The van der Waals surface area contributed by atoms with Crippen LogP contribution in [0.5, 0.6) is 23.0 Å². The van der Waals surface area contributed by atoms with Crippen LogP contribution in [-0.4, -0.2) is 37.5 Å². The van der Waals surface area contributed by atoms with Gasteiger partial charge in [-0.2, -0.15) is 0 Å². The van der Waals surface area contributed by atoms with Crippen LogP contribution in [0.4, 0.5) is 0 Å². The first kappa shape index (κ1) is 28.7. The molecule has 2 aliphatic heterocycles. The molecule has 4 heterocycles. The summed E-state index contributed by atoms with van der Waals surface area (Å²) in [5.74, 6) is 6.67. The molecular weight excluding hydrogens is 544 g/mol. The molecule has 4 aromatic rings. The first-order valence-corrected chi connectivity index (χ1v) is 14.5. The summed E-state index contributed by atoms with van der Waals surface area (Å²) in [5.41, 5.74) is 4.53. The van der Waals surface area contributed by atoms with Gasteiger partial charge in [0.2, 0.25) is 0 Å². The Bertz CT molecular complexity index is 1480. The molecule has 6 rings (SSSR count). The van der Waals surface area contributed by atoms with E-state index < -0.39 is 0 Å². The highest BCUT2D eigenvalue weighted by molar-refractivity contribution is 5.51. The first-order valence-electron chi connectivity index (χ1n) is 14.5. The van der Waals surface area contributed by atoms with Gasteiger partial charge in [-0.25, -0.2) is 0 Å². The summed E-state index contributed by atoms with van der Waals surface area (Å²) in [6, 6.07) is 16.5. The number of allylic oxidation sites excluding steroid dienone is 2. The third kappa shape index (κ3) is 6.50. The average molecular weight is 583 g/mol. The summed E-state index contributed by atoms with van der Waals surface area (Å²) in [6.07, 6.45) is 5.95. The minimum atomic E-state index is 0.467. The molecule has 2 aromatic carbocycles. The molecule has 0 radical (unpaired) electrons. The number of rotatable bonds is 12. The van der Waals surface area contributed by atoms with Crippen molar-refractivity contribution >= 4 is 0 Å². The van der Waals surface area contributed by atoms with E-state index in [0.717, 1.165) is 94.2 Å². The molecule has 0 aliphatic carbocycles. The Kier molecular flexibility index (Phi) is 8.58. The van der Waals surface area contributed by atoms with Crippen molar-refractivity contribution in [2.75, 3.05) is 27.7 Å². The van der Waals surface area contributed by atoms with E-state index in [9.17, 15) is 0 Å². The largest absolute Gasteiger partial charge is 0.493 e. The molecule has 0 saturated carbocycles. The van der Waals surface area contributed by atoms with Crippen LogP contribution >= 0.6 is 0 Å². The molecule has 0 spiro atoms. The van der Waals surface area contributed by atoms with Gasteiger partial charge < -0.3 is 27.8 Å². The van der Waals surface area contributed by atoms with E-state index in [2.05, 4.69) is 35.1 Å². The minimum absolute atomic E-state index is 0.467. The quantitative estimate of drug-likeness (QED) is 0.172. The van der Waals surface area contributed by atoms with Crippen molar-refractivity contribution < 1.29 is 27.8 Å². The normalized spacial score (nSPS) is 14.7. The standard InChI is InChI=1S/C35H38N2O6/c1-5-7-24-13-26-18-36(22-40-34(26)32(15-24)38-3)20-30-11-9-28(42-30)17-29-10-12-31(43-29)21-37-19-27-14-25(8-6-2)16-33(39-4)35(27)41-23-37/h5-6,9-16H,1-2,7-8,17-23H2,3-4H3. The third-order valence-corrected chi connectivity index (χ3v) is 7.70. The SMILES string of the molecule is C=CCc1cc2c(c(OC)c1)OCN(Cc1ccc(Cc3ccc(CN4COc5c(cc(CC=C)cc5OC)C4)o3)o1)C2. The summed E-state index contributed by atoms with van der Waals surface area (Å²) in [6.45, 7) is 11.4. The van der Waals surface area contributed by atoms with Crippen molar-refractivity contribution in [1.82, 2.24) is 9.80 Å². The fourth-order valence-corrected chi connectivity index (χ4v) is 5.79. The Morgan fingerprint density at radius 3 is 1.53 bits per heavy atom. The Hall–Kier alpha value is -4.40. The number of fused-ring (bicyclic) bond motifs is 2. The second-order valence-electron chi connectivity index (χ2n) is 11.0. The van der Waals surface area contributed by atoms with Crippen LogP contribution < -0.4 is 18.9 Å². The highest BCUT2D eigenvalue weighted by Gasteiger charge is 2.24. The molecule has 0 saturated heterocycles. The minimum Gasteiger partial charge on any atom is -0.493 e. The van der Waals surface area contributed by atoms with E-state index in [-0.39, 0.29) is 0 Å². The molecule has 0 fully saturated rings. The van der Waals surface area contributed by atoms with Gasteiger partial charge in [-0.3, -0.25) is 9.80 Å². The summed E-state index contributed by atoms with van der Waals surface area (Å²) >= 11 is 0. The zero-order valence-electron chi connectivity index (χ0n) is 24.9. The summed E-state index contributed by atoms with van der Waals surface area (Å²) < 4.78 is 35.7. The average Bonchev–Trinajstić information content (AvgIpc) is 3.65. The van der Waals surface area contributed by atoms with Gasteiger partial charge in [-0.15, -0.1) is 13.2 Å². The zero-order chi connectivity index (χ0) is 29.8. The smallest absolute Gasteiger partial charge is 0.167 e. The van der Waals surface area contributed by atoms with Gasteiger partial charge in [-0.1, -0.05) is 24.3 Å². The maximum atomic E-state index is 6.19. The van der Waals surface area contributed by atoms with Crippen LogP contribution in [-0.2, 0) is 45.4 Å². The molecule has 2 aromatic heterocycles. The van der Waals surface area contributed by atoms with Gasteiger partial charge in [0.05, 0.1) is 33.7 Å². The molecule has 0 bridgehead atoms. The third-order valence-electron chi connectivity index (χ3n) is 7.70. The number of furan rings is 2.